The van der Waals surface area contributed by atoms with E-state index < -0.39 is 6.10 Å². The number of aromatic nitrogens is 1. The van der Waals surface area contributed by atoms with Crippen LogP contribution in [-0.2, 0) is 0 Å². The molecule has 0 bridgehead atoms. The molecule has 0 radical (unpaired) electrons. The Morgan fingerprint density at radius 2 is 2.24 bits per heavy atom. The van der Waals surface area contributed by atoms with Crippen LogP contribution >= 0.6 is 0 Å². The Labute approximate surface area is 103 Å². The molecule has 1 fully saturated rings. The summed E-state index contributed by atoms with van der Waals surface area (Å²) in [4.78, 5) is 4.13. The fourth-order valence-electron chi connectivity index (χ4n) is 2.18. The standard InChI is InChI=1S/C14H21NO2/c1-4-5-17-11-6-10(8-15-9-11)13(16)12-7-14(12,2)3/h6,8-9,12-13,16H,4-5,7H2,1-3H3. The van der Waals surface area contributed by atoms with Gasteiger partial charge in [-0.1, -0.05) is 20.8 Å². The van der Waals surface area contributed by atoms with E-state index in [-0.39, 0.29) is 5.41 Å². The first-order valence-corrected chi connectivity index (χ1v) is 6.30. The summed E-state index contributed by atoms with van der Waals surface area (Å²) in [6.45, 7) is 7.13. The van der Waals surface area contributed by atoms with E-state index in [1.54, 1.807) is 12.4 Å². The van der Waals surface area contributed by atoms with Crippen molar-refractivity contribution >= 4 is 0 Å². The molecule has 3 nitrogen and oxygen atoms in total. The lowest BCUT2D eigenvalue weighted by atomic mass is 10.0. The third-order valence-electron chi connectivity index (χ3n) is 3.52. The van der Waals surface area contributed by atoms with Crippen molar-refractivity contribution in [3.63, 3.8) is 0 Å². The molecule has 0 spiro atoms. The van der Waals surface area contributed by atoms with Crippen molar-refractivity contribution in [1.82, 2.24) is 4.98 Å². The Kier molecular flexibility index (Phi) is 3.38. The molecule has 2 rings (SSSR count). The lowest BCUT2D eigenvalue weighted by molar-refractivity contribution is 0.137. The van der Waals surface area contributed by atoms with Gasteiger partial charge in [0.15, 0.2) is 0 Å². The number of rotatable bonds is 5. The maximum Gasteiger partial charge on any atom is 0.137 e. The molecule has 0 saturated heterocycles. The molecule has 0 amide bonds. The summed E-state index contributed by atoms with van der Waals surface area (Å²) in [7, 11) is 0. The smallest absolute Gasteiger partial charge is 0.137 e. The van der Waals surface area contributed by atoms with Gasteiger partial charge >= 0.3 is 0 Å². The van der Waals surface area contributed by atoms with E-state index in [0.717, 1.165) is 24.2 Å². The van der Waals surface area contributed by atoms with Gasteiger partial charge in [-0.25, -0.2) is 0 Å². The largest absolute Gasteiger partial charge is 0.492 e. The highest BCUT2D eigenvalue weighted by Gasteiger charge is 2.50. The summed E-state index contributed by atoms with van der Waals surface area (Å²) in [5, 5.41) is 10.3. The van der Waals surface area contributed by atoms with Crippen LogP contribution in [0.15, 0.2) is 18.5 Å². The van der Waals surface area contributed by atoms with E-state index in [2.05, 4.69) is 25.8 Å². The monoisotopic (exact) mass is 235 g/mol. The number of pyridine rings is 1. The van der Waals surface area contributed by atoms with Crippen LogP contribution in [0.25, 0.3) is 0 Å². The molecule has 0 aromatic carbocycles. The van der Waals surface area contributed by atoms with Crippen molar-refractivity contribution < 1.29 is 9.84 Å². The Morgan fingerprint density at radius 3 is 2.82 bits per heavy atom. The highest BCUT2D eigenvalue weighted by atomic mass is 16.5. The second-order valence-corrected chi connectivity index (χ2v) is 5.55. The molecule has 3 heteroatoms. The minimum Gasteiger partial charge on any atom is -0.492 e. The highest BCUT2D eigenvalue weighted by Crippen LogP contribution is 2.57. The fraction of sp³-hybridized carbons (Fsp3) is 0.643. The molecule has 1 aromatic heterocycles. The van der Waals surface area contributed by atoms with Crippen molar-refractivity contribution in [3.8, 4) is 5.75 Å². The zero-order valence-electron chi connectivity index (χ0n) is 10.8. The van der Waals surface area contributed by atoms with Crippen molar-refractivity contribution in [2.24, 2.45) is 11.3 Å². The molecule has 0 aliphatic heterocycles. The van der Waals surface area contributed by atoms with Crippen LogP contribution in [0.5, 0.6) is 5.75 Å². The average Bonchev–Trinajstić information content (AvgIpc) is 2.95. The first-order chi connectivity index (χ1) is 8.04. The van der Waals surface area contributed by atoms with E-state index in [4.69, 9.17) is 4.74 Å². The normalized spacial score (nSPS) is 23.2. The van der Waals surface area contributed by atoms with Gasteiger partial charge < -0.3 is 9.84 Å². The lowest BCUT2D eigenvalue weighted by Crippen LogP contribution is -2.06. The molecule has 17 heavy (non-hydrogen) atoms. The van der Waals surface area contributed by atoms with Crippen molar-refractivity contribution in [3.05, 3.63) is 24.0 Å². The SMILES string of the molecule is CCCOc1cncc(C(O)C2CC2(C)C)c1. The minimum absolute atomic E-state index is 0.264. The topological polar surface area (TPSA) is 42.4 Å². The van der Waals surface area contributed by atoms with Crippen molar-refractivity contribution in [1.29, 1.82) is 0 Å². The molecule has 2 atom stereocenters. The molecular weight excluding hydrogens is 214 g/mol. The van der Waals surface area contributed by atoms with Crippen LogP contribution in [0.1, 0.15) is 45.3 Å². The predicted molar refractivity (Wildman–Crippen MR) is 66.9 cm³/mol. The molecule has 94 valence electrons. The fourth-order valence-corrected chi connectivity index (χ4v) is 2.18. The number of hydrogen-bond acceptors (Lipinski definition) is 3. The van der Waals surface area contributed by atoms with Gasteiger partial charge in [0.05, 0.1) is 18.9 Å². The van der Waals surface area contributed by atoms with Gasteiger partial charge in [0.25, 0.3) is 0 Å². The molecular formula is C14H21NO2. The van der Waals surface area contributed by atoms with Crippen LogP contribution in [0.2, 0.25) is 0 Å². The second-order valence-electron chi connectivity index (χ2n) is 5.55. The van der Waals surface area contributed by atoms with Gasteiger partial charge in [0.1, 0.15) is 5.75 Å². The van der Waals surface area contributed by atoms with Gasteiger partial charge in [-0.15, -0.1) is 0 Å². The third-order valence-corrected chi connectivity index (χ3v) is 3.52. The van der Waals surface area contributed by atoms with Crippen LogP contribution in [0.4, 0.5) is 0 Å². The van der Waals surface area contributed by atoms with Crippen LogP contribution in [-0.4, -0.2) is 16.7 Å². The Balaban J connectivity index is 2.05. The lowest BCUT2D eigenvalue weighted by Gasteiger charge is -2.13. The van der Waals surface area contributed by atoms with Crippen LogP contribution < -0.4 is 4.74 Å². The Hall–Kier alpha value is -1.09. The van der Waals surface area contributed by atoms with E-state index in [1.165, 1.54) is 0 Å². The summed E-state index contributed by atoms with van der Waals surface area (Å²) in [5.41, 5.74) is 1.13. The van der Waals surface area contributed by atoms with E-state index in [9.17, 15) is 5.11 Å². The quantitative estimate of drug-likeness (QED) is 0.853. The number of aliphatic hydroxyl groups excluding tert-OH is 1. The minimum atomic E-state index is -0.414. The number of ether oxygens (including phenoxy) is 1. The second kappa shape index (κ2) is 4.65. The molecule has 1 aliphatic carbocycles. The maximum atomic E-state index is 10.3. The Morgan fingerprint density at radius 1 is 1.53 bits per heavy atom. The van der Waals surface area contributed by atoms with Gasteiger partial charge in [-0.2, -0.15) is 0 Å². The summed E-state index contributed by atoms with van der Waals surface area (Å²) in [5.74, 6) is 1.10. The molecule has 1 heterocycles. The summed E-state index contributed by atoms with van der Waals surface area (Å²) in [6.07, 6.45) is 5.07. The molecule has 1 saturated carbocycles. The maximum absolute atomic E-state index is 10.3. The molecule has 1 N–H and O–H groups in total. The predicted octanol–water partition coefficient (Wildman–Crippen LogP) is 2.95. The Bertz CT molecular complexity index is 390. The zero-order chi connectivity index (χ0) is 12.5. The first-order valence-electron chi connectivity index (χ1n) is 6.30. The van der Waals surface area contributed by atoms with Crippen molar-refractivity contribution in [2.45, 2.75) is 39.7 Å². The van der Waals surface area contributed by atoms with Crippen molar-refractivity contribution in [2.75, 3.05) is 6.61 Å². The molecule has 2 unspecified atom stereocenters. The third kappa shape index (κ3) is 2.78. The van der Waals surface area contributed by atoms with Gasteiger partial charge in [-0.3, -0.25) is 4.98 Å². The van der Waals surface area contributed by atoms with Gasteiger partial charge in [-0.05, 0) is 30.2 Å². The van der Waals surface area contributed by atoms with Crippen LogP contribution in [0.3, 0.4) is 0 Å². The summed E-state index contributed by atoms with van der Waals surface area (Å²) < 4.78 is 5.52. The van der Waals surface area contributed by atoms with E-state index in [1.807, 2.05) is 6.07 Å². The van der Waals surface area contributed by atoms with Gasteiger partial charge in [0, 0.05) is 11.8 Å². The first kappa shape index (κ1) is 12.4. The van der Waals surface area contributed by atoms with Crippen LogP contribution in [0, 0.1) is 11.3 Å². The van der Waals surface area contributed by atoms with Gasteiger partial charge in [0.2, 0.25) is 0 Å². The zero-order valence-corrected chi connectivity index (χ0v) is 10.8. The van der Waals surface area contributed by atoms with E-state index in [0.29, 0.717) is 12.5 Å². The summed E-state index contributed by atoms with van der Waals surface area (Å²) in [6, 6.07) is 1.90. The van der Waals surface area contributed by atoms with E-state index >= 15 is 0 Å². The molecule has 1 aromatic rings. The number of aliphatic hydroxyl groups is 1. The highest BCUT2D eigenvalue weighted by molar-refractivity contribution is 5.27. The molecule has 1 aliphatic rings. The number of hydrogen-bond donors (Lipinski definition) is 1. The average molecular weight is 235 g/mol. The summed E-state index contributed by atoms with van der Waals surface area (Å²) >= 11 is 0. The number of nitrogens with zero attached hydrogens (tertiary/aromatic N) is 1.